The zero-order valence-corrected chi connectivity index (χ0v) is 4.53. The number of allylic oxidation sites excluding steroid dienone is 3. The van der Waals surface area contributed by atoms with Crippen LogP contribution in [0.4, 0.5) is 0 Å². The van der Waals surface area contributed by atoms with Crippen LogP contribution in [0, 0.1) is 0 Å². The Hall–Kier alpha value is -1.11. The molecule has 1 heteroatoms. The highest BCUT2D eigenvalue weighted by Gasteiger charge is 2.27. The molecule has 0 atom stereocenters. The van der Waals surface area contributed by atoms with Crippen LogP contribution in [0.3, 0.4) is 0 Å². The van der Waals surface area contributed by atoms with Gasteiger partial charge in [0, 0.05) is 11.1 Å². The minimum atomic E-state index is -0.0463. The van der Waals surface area contributed by atoms with E-state index in [2.05, 4.69) is 19.7 Å². The van der Waals surface area contributed by atoms with Crippen molar-refractivity contribution in [3.05, 3.63) is 36.5 Å². The Balaban J connectivity index is 3.00. The van der Waals surface area contributed by atoms with Gasteiger partial charge in [-0.15, -0.1) is 0 Å². The monoisotopic (exact) mass is 106 g/mol. The molecule has 0 aromatic rings. The lowest BCUT2D eigenvalue weighted by atomic mass is 9.82. The van der Waals surface area contributed by atoms with Gasteiger partial charge in [-0.05, 0) is 5.57 Å². The van der Waals surface area contributed by atoms with Crippen molar-refractivity contribution in [2.45, 2.75) is 0 Å². The molecule has 8 heavy (non-hydrogen) atoms. The summed E-state index contributed by atoms with van der Waals surface area (Å²) in [7, 11) is 0. The topological polar surface area (TPSA) is 17.1 Å². The van der Waals surface area contributed by atoms with Crippen molar-refractivity contribution in [3.8, 4) is 0 Å². The van der Waals surface area contributed by atoms with Crippen molar-refractivity contribution in [1.82, 2.24) is 0 Å². The van der Waals surface area contributed by atoms with Gasteiger partial charge < -0.3 is 0 Å². The molecule has 0 aliphatic heterocycles. The molecule has 0 saturated heterocycles. The van der Waals surface area contributed by atoms with E-state index in [1.54, 1.807) is 0 Å². The maximum atomic E-state index is 10.5. The molecule has 0 aromatic heterocycles. The predicted octanol–water partition coefficient (Wildman–Crippen LogP) is 1.24. The van der Waals surface area contributed by atoms with Crippen molar-refractivity contribution in [1.29, 1.82) is 0 Å². The lowest BCUT2D eigenvalue weighted by Gasteiger charge is -2.19. The van der Waals surface area contributed by atoms with Crippen molar-refractivity contribution >= 4 is 5.78 Å². The molecule has 0 aromatic carbocycles. The minimum Gasteiger partial charge on any atom is -0.289 e. The van der Waals surface area contributed by atoms with Gasteiger partial charge in [0.1, 0.15) is 0 Å². The standard InChI is InChI=1S/C7H6O/c1-4-5(2)7(8)6(4)3/h1-3H2. The number of Topliss-reactive ketones (excluding diaryl/α,β-unsaturated/α-hetero) is 1. The zero-order valence-electron chi connectivity index (χ0n) is 4.53. The van der Waals surface area contributed by atoms with Crippen molar-refractivity contribution in [2.24, 2.45) is 0 Å². The number of hydrogen-bond donors (Lipinski definition) is 0. The second-order valence-electron chi connectivity index (χ2n) is 1.76. The van der Waals surface area contributed by atoms with E-state index in [0.717, 1.165) is 0 Å². The fourth-order valence-electron chi connectivity index (χ4n) is 0.576. The van der Waals surface area contributed by atoms with Gasteiger partial charge in [0.15, 0.2) is 5.78 Å². The molecule has 1 fully saturated rings. The molecule has 0 amide bonds. The molecule has 1 aliphatic rings. The summed E-state index contributed by atoms with van der Waals surface area (Å²) < 4.78 is 0. The molecule has 0 spiro atoms. The summed E-state index contributed by atoms with van der Waals surface area (Å²) in [5.41, 5.74) is 1.72. The molecule has 0 bridgehead atoms. The van der Waals surface area contributed by atoms with Gasteiger partial charge in [0.25, 0.3) is 0 Å². The molecular formula is C7H6O. The molecule has 1 aliphatic carbocycles. The number of rotatable bonds is 0. The second kappa shape index (κ2) is 1.19. The van der Waals surface area contributed by atoms with Gasteiger partial charge in [0.2, 0.25) is 0 Å². The quantitative estimate of drug-likeness (QED) is 0.424. The molecule has 40 valence electrons. The molecular weight excluding hydrogens is 100 g/mol. The number of carbonyl (C=O) groups is 1. The Kier molecular flexibility index (Phi) is 0.747. The third-order valence-corrected chi connectivity index (χ3v) is 1.28. The summed E-state index contributed by atoms with van der Waals surface area (Å²) >= 11 is 0. The van der Waals surface area contributed by atoms with E-state index in [0.29, 0.717) is 16.7 Å². The largest absolute Gasteiger partial charge is 0.289 e. The molecule has 0 heterocycles. The van der Waals surface area contributed by atoms with Crippen LogP contribution in [0.2, 0.25) is 0 Å². The highest BCUT2D eigenvalue weighted by atomic mass is 16.1. The first-order valence-corrected chi connectivity index (χ1v) is 2.26. The van der Waals surface area contributed by atoms with Crippen LogP contribution in [-0.4, -0.2) is 5.78 Å². The van der Waals surface area contributed by atoms with Gasteiger partial charge in [-0.2, -0.15) is 0 Å². The number of ketones is 1. The van der Waals surface area contributed by atoms with E-state index in [1.165, 1.54) is 0 Å². The lowest BCUT2D eigenvalue weighted by molar-refractivity contribution is -0.113. The molecule has 1 saturated carbocycles. The third-order valence-electron chi connectivity index (χ3n) is 1.28. The van der Waals surface area contributed by atoms with Crippen LogP contribution in [0.1, 0.15) is 0 Å². The first-order valence-electron chi connectivity index (χ1n) is 2.26. The Morgan fingerprint density at radius 3 is 1.38 bits per heavy atom. The summed E-state index contributed by atoms with van der Waals surface area (Å²) in [6.45, 7) is 10.5. The van der Waals surface area contributed by atoms with E-state index in [1.807, 2.05) is 0 Å². The Labute approximate surface area is 48.0 Å². The SMILES string of the molecule is C=C1C(=C)C(=O)C1=C. The summed E-state index contributed by atoms with van der Waals surface area (Å²) in [5.74, 6) is -0.0463. The first kappa shape index (κ1) is 5.04. The smallest absolute Gasteiger partial charge is 0.193 e. The maximum absolute atomic E-state index is 10.5. The minimum absolute atomic E-state index is 0.0463. The molecule has 0 radical (unpaired) electrons. The first-order chi connectivity index (χ1) is 3.64. The summed E-state index contributed by atoms with van der Waals surface area (Å²) in [4.78, 5) is 10.5. The van der Waals surface area contributed by atoms with Crippen LogP contribution < -0.4 is 0 Å². The Morgan fingerprint density at radius 1 is 0.875 bits per heavy atom. The van der Waals surface area contributed by atoms with E-state index >= 15 is 0 Å². The fourth-order valence-corrected chi connectivity index (χ4v) is 0.576. The van der Waals surface area contributed by atoms with Crippen LogP contribution in [-0.2, 0) is 4.79 Å². The number of carbonyl (C=O) groups excluding carboxylic acids is 1. The van der Waals surface area contributed by atoms with Gasteiger partial charge in [0.05, 0.1) is 0 Å². The molecule has 1 rings (SSSR count). The second-order valence-corrected chi connectivity index (χ2v) is 1.76. The van der Waals surface area contributed by atoms with Crippen LogP contribution in [0.25, 0.3) is 0 Å². The van der Waals surface area contributed by atoms with Gasteiger partial charge >= 0.3 is 0 Å². The van der Waals surface area contributed by atoms with Gasteiger partial charge in [-0.1, -0.05) is 19.7 Å². The van der Waals surface area contributed by atoms with E-state index in [9.17, 15) is 4.79 Å². The Bertz CT molecular complexity index is 144. The average molecular weight is 106 g/mol. The van der Waals surface area contributed by atoms with Crippen molar-refractivity contribution < 1.29 is 4.79 Å². The molecule has 1 nitrogen and oxygen atoms in total. The van der Waals surface area contributed by atoms with Crippen LogP contribution in [0.5, 0.6) is 0 Å². The lowest BCUT2D eigenvalue weighted by Crippen LogP contribution is -2.19. The fraction of sp³-hybridized carbons (Fsp3) is 0. The predicted molar refractivity (Wildman–Crippen MR) is 32.4 cm³/mol. The number of hydrogen-bond acceptors (Lipinski definition) is 1. The van der Waals surface area contributed by atoms with E-state index in [-0.39, 0.29) is 5.78 Å². The van der Waals surface area contributed by atoms with Crippen molar-refractivity contribution in [2.75, 3.05) is 0 Å². The third kappa shape index (κ3) is 0.334. The summed E-state index contributed by atoms with van der Waals surface area (Å²) in [6, 6.07) is 0. The highest BCUT2D eigenvalue weighted by Crippen LogP contribution is 2.29. The van der Waals surface area contributed by atoms with Gasteiger partial charge in [-0.25, -0.2) is 0 Å². The highest BCUT2D eigenvalue weighted by molar-refractivity contribution is 6.23. The van der Waals surface area contributed by atoms with Gasteiger partial charge in [-0.3, -0.25) is 4.79 Å². The van der Waals surface area contributed by atoms with E-state index < -0.39 is 0 Å². The Morgan fingerprint density at radius 2 is 1.25 bits per heavy atom. The normalized spacial score (nSPS) is 19.0. The molecule has 0 N–H and O–H groups in total. The summed E-state index contributed by atoms with van der Waals surface area (Å²) in [6.07, 6.45) is 0. The molecule has 0 unspecified atom stereocenters. The zero-order chi connectivity index (χ0) is 6.31. The summed E-state index contributed by atoms with van der Waals surface area (Å²) in [5, 5.41) is 0. The van der Waals surface area contributed by atoms with Crippen LogP contribution in [0.15, 0.2) is 36.5 Å². The van der Waals surface area contributed by atoms with Crippen molar-refractivity contribution in [3.63, 3.8) is 0 Å². The van der Waals surface area contributed by atoms with E-state index in [4.69, 9.17) is 0 Å². The van der Waals surface area contributed by atoms with Crippen LogP contribution >= 0.6 is 0 Å². The maximum Gasteiger partial charge on any atom is 0.193 e. The average Bonchev–Trinajstić information content (AvgIpc) is 1.83.